The Morgan fingerprint density at radius 1 is 1.55 bits per heavy atom. The van der Waals surface area contributed by atoms with Gasteiger partial charge in [-0.15, -0.1) is 12.4 Å². The molecule has 11 heavy (non-hydrogen) atoms. The van der Waals surface area contributed by atoms with Gasteiger partial charge in [-0.3, -0.25) is 0 Å². The van der Waals surface area contributed by atoms with E-state index in [2.05, 4.69) is 4.98 Å². The van der Waals surface area contributed by atoms with Crippen molar-refractivity contribution in [3.63, 3.8) is 0 Å². The summed E-state index contributed by atoms with van der Waals surface area (Å²) in [7, 11) is 0. The summed E-state index contributed by atoms with van der Waals surface area (Å²) >= 11 is 0. The Labute approximate surface area is 72.6 Å². The van der Waals surface area contributed by atoms with Gasteiger partial charge in [0.2, 0.25) is 0 Å². The van der Waals surface area contributed by atoms with Crippen molar-refractivity contribution in [1.29, 1.82) is 0 Å². The van der Waals surface area contributed by atoms with Crippen LogP contribution in [0.3, 0.4) is 0 Å². The fourth-order valence-corrected chi connectivity index (χ4v) is 0.910. The first-order chi connectivity index (χ1) is 4.84. The van der Waals surface area contributed by atoms with Crippen LogP contribution < -0.4 is 11.5 Å². The van der Waals surface area contributed by atoms with E-state index in [1.165, 1.54) is 0 Å². The summed E-state index contributed by atoms with van der Waals surface area (Å²) in [6.07, 6.45) is 2.70. The van der Waals surface area contributed by atoms with Gasteiger partial charge in [0.25, 0.3) is 0 Å². The molecule has 4 heteroatoms. The van der Waals surface area contributed by atoms with Crippen LogP contribution in [0, 0.1) is 0 Å². The van der Waals surface area contributed by atoms with Gasteiger partial charge in [-0.05, 0) is 25.1 Å². The van der Waals surface area contributed by atoms with Gasteiger partial charge in [-0.1, -0.05) is 0 Å². The Balaban J connectivity index is 0.000001000. The average molecular weight is 176 g/mol. The molecule has 0 aliphatic heterocycles. The molecule has 0 saturated heterocycles. The lowest BCUT2D eigenvalue weighted by Crippen LogP contribution is -2.15. The van der Waals surface area contributed by atoms with E-state index in [0.29, 0.717) is 6.54 Å². The highest BCUT2D eigenvalue weighted by molar-refractivity contribution is 5.85. The Hall–Kier alpha value is -0.510. The maximum absolute atomic E-state index is 5.74. The molecule has 0 aliphatic rings. The molecule has 1 aromatic rings. The number of hydrogen-bond donors (Lipinski definition) is 3. The van der Waals surface area contributed by atoms with Crippen molar-refractivity contribution < 1.29 is 0 Å². The summed E-state index contributed by atoms with van der Waals surface area (Å²) in [5.41, 5.74) is 12.1. The first-order valence-corrected chi connectivity index (χ1v) is 3.43. The maximum Gasteiger partial charge on any atom is 0.0459 e. The van der Waals surface area contributed by atoms with Gasteiger partial charge in [0.05, 0.1) is 0 Å². The molecule has 1 atom stereocenters. The molecule has 0 aliphatic carbocycles. The summed E-state index contributed by atoms with van der Waals surface area (Å²) in [6, 6.07) is 3.98. The van der Waals surface area contributed by atoms with E-state index in [1.807, 2.05) is 18.3 Å². The molecule has 0 saturated carbocycles. The van der Waals surface area contributed by atoms with Gasteiger partial charge in [-0.2, -0.15) is 0 Å². The summed E-state index contributed by atoms with van der Waals surface area (Å²) < 4.78 is 0. The van der Waals surface area contributed by atoms with E-state index in [-0.39, 0.29) is 18.4 Å². The molecule has 3 nitrogen and oxygen atoms in total. The smallest absolute Gasteiger partial charge is 0.0459 e. The monoisotopic (exact) mass is 175 g/mol. The Morgan fingerprint density at radius 3 is 2.73 bits per heavy atom. The van der Waals surface area contributed by atoms with Crippen LogP contribution in [-0.4, -0.2) is 11.5 Å². The van der Waals surface area contributed by atoms with Crippen LogP contribution in [-0.2, 0) is 0 Å². The molecule has 0 spiro atoms. The van der Waals surface area contributed by atoms with Crippen molar-refractivity contribution in [3.8, 4) is 0 Å². The lowest BCUT2D eigenvalue weighted by Gasteiger charge is -2.06. The van der Waals surface area contributed by atoms with Gasteiger partial charge >= 0.3 is 0 Å². The van der Waals surface area contributed by atoms with E-state index in [0.717, 1.165) is 12.1 Å². The van der Waals surface area contributed by atoms with Crippen LogP contribution in [0.5, 0.6) is 0 Å². The van der Waals surface area contributed by atoms with Crippen molar-refractivity contribution in [2.45, 2.75) is 12.5 Å². The minimum absolute atomic E-state index is 0. The number of nitrogens with two attached hydrogens (primary N) is 2. The SMILES string of the molecule is Cl.NCC[C@H](N)c1ccc[nH]1. The zero-order valence-corrected chi connectivity index (χ0v) is 7.10. The number of nitrogens with one attached hydrogen (secondary N) is 1. The Bertz CT molecular complexity index is 174. The number of aromatic nitrogens is 1. The third-order valence-corrected chi connectivity index (χ3v) is 1.50. The molecular weight excluding hydrogens is 162 g/mol. The van der Waals surface area contributed by atoms with Crippen molar-refractivity contribution >= 4 is 12.4 Å². The molecule has 0 radical (unpaired) electrons. The lowest BCUT2D eigenvalue weighted by molar-refractivity contribution is 0.646. The number of hydrogen-bond acceptors (Lipinski definition) is 2. The third-order valence-electron chi connectivity index (χ3n) is 1.50. The highest BCUT2D eigenvalue weighted by Gasteiger charge is 2.03. The molecule has 0 amide bonds. The van der Waals surface area contributed by atoms with Crippen LogP contribution in [0.15, 0.2) is 18.3 Å². The average Bonchev–Trinajstić information content (AvgIpc) is 2.38. The Morgan fingerprint density at radius 2 is 2.27 bits per heavy atom. The summed E-state index contributed by atoms with van der Waals surface area (Å²) in [6.45, 7) is 0.639. The quantitative estimate of drug-likeness (QED) is 0.636. The molecule has 1 aromatic heterocycles. The zero-order valence-electron chi connectivity index (χ0n) is 6.29. The highest BCUT2D eigenvalue weighted by atomic mass is 35.5. The molecular formula is C7H14ClN3. The van der Waals surface area contributed by atoms with Crippen LogP contribution in [0.2, 0.25) is 0 Å². The second kappa shape index (κ2) is 5.18. The van der Waals surface area contributed by atoms with Gasteiger partial charge in [0, 0.05) is 17.9 Å². The molecule has 1 rings (SSSR count). The molecule has 0 bridgehead atoms. The molecule has 64 valence electrons. The van der Waals surface area contributed by atoms with Crippen LogP contribution in [0.25, 0.3) is 0 Å². The van der Waals surface area contributed by atoms with Gasteiger partial charge in [0.1, 0.15) is 0 Å². The van der Waals surface area contributed by atoms with E-state index in [1.54, 1.807) is 0 Å². The Kier molecular flexibility index (Phi) is 4.94. The van der Waals surface area contributed by atoms with E-state index < -0.39 is 0 Å². The van der Waals surface area contributed by atoms with Gasteiger partial charge in [-0.25, -0.2) is 0 Å². The van der Waals surface area contributed by atoms with Crippen LogP contribution in [0.4, 0.5) is 0 Å². The third kappa shape index (κ3) is 2.93. The van der Waals surface area contributed by atoms with Crippen molar-refractivity contribution in [1.82, 2.24) is 4.98 Å². The second-order valence-electron chi connectivity index (χ2n) is 2.31. The largest absolute Gasteiger partial charge is 0.364 e. The number of H-pyrrole nitrogens is 1. The summed E-state index contributed by atoms with van der Waals surface area (Å²) in [5.74, 6) is 0. The second-order valence-corrected chi connectivity index (χ2v) is 2.31. The first-order valence-electron chi connectivity index (χ1n) is 3.43. The molecule has 0 fully saturated rings. The lowest BCUT2D eigenvalue weighted by atomic mass is 10.1. The van der Waals surface area contributed by atoms with Crippen molar-refractivity contribution in [3.05, 3.63) is 24.0 Å². The van der Waals surface area contributed by atoms with Crippen LogP contribution >= 0.6 is 12.4 Å². The van der Waals surface area contributed by atoms with Crippen molar-refractivity contribution in [2.75, 3.05) is 6.54 Å². The summed E-state index contributed by atoms with van der Waals surface area (Å²) in [4.78, 5) is 3.04. The van der Waals surface area contributed by atoms with Crippen molar-refractivity contribution in [2.24, 2.45) is 11.5 Å². The number of halogens is 1. The minimum Gasteiger partial charge on any atom is -0.364 e. The fourth-order valence-electron chi connectivity index (χ4n) is 0.910. The van der Waals surface area contributed by atoms with E-state index in [4.69, 9.17) is 11.5 Å². The fraction of sp³-hybridized carbons (Fsp3) is 0.429. The molecule has 0 unspecified atom stereocenters. The van der Waals surface area contributed by atoms with Gasteiger partial charge < -0.3 is 16.5 Å². The normalized spacial score (nSPS) is 12.2. The number of rotatable bonds is 3. The molecule has 1 heterocycles. The number of aromatic amines is 1. The van der Waals surface area contributed by atoms with E-state index in [9.17, 15) is 0 Å². The maximum atomic E-state index is 5.74. The molecule has 5 N–H and O–H groups in total. The molecule has 0 aromatic carbocycles. The topological polar surface area (TPSA) is 67.8 Å². The van der Waals surface area contributed by atoms with Gasteiger partial charge in [0.15, 0.2) is 0 Å². The first kappa shape index (κ1) is 10.5. The zero-order chi connectivity index (χ0) is 7.40. The highest BCUT2D eigenvalue weighted by Crippen LogP contribution is 2.08. The summed E-state index contributed by atoms with van der Waals surface area (Å²) in [5, 5.41) is 0. The van der Waals surface area contributed by atoms with E-state index >= 15 is 0 Å². The van der Waals surface area contributed by atoms with Crippen LogP contribution in [0.1, 0.15) is 18.2 Å². The predicted molar refractivity (Wildman–Crippen MR) is 48.6 cm³/mol. The minimum atomic E-state index is 0. The standard InChI is InChI=1S/C7H13N3.ClH/c8-4-3-6(9)7-2-1-5-10-7;/h1-2,5-6,10H,3-4,8-9H2;1H/t6-;/m0./s1. The predicted octanol–water partition coefficient (Wildman–Crippen LogP) is 0.785.